The largest absolute Gasteiger partial charge is 0.497 e. The average Bonchev–Trinajstić information content (AvgIpc) is 2.96. The minimum atomic E-state index is 0.00316. The molecule has 2 aliphatic heterocycles. The fourth-order valence-corrected chi connectivity index (χ4v) is 5.14. The highest BCUT2D eigenvalue weighted by Crippen LogP contribution is 2.31. The predicted octanol–water partition coefficient (Wildman–Crippen LogP) is 4.48. The van der Waals surface area contributed by atoms with E-state index < -0.39 is 0 Å². The highest BCUT2D eigenvalue weighted by atomic mass is 16.6. The van der Waals surface area contributed by atoms with Gasteiger partial charge in [0, 0.05) is 36.8 Å². The molecule has 194 valence electrons. The Balaban J connectivity index is 1.31. The van der Waals surface area contributed by atoms with Crippen LogP contribution in [0, 0.1) is 0 Å². The van der Waals surface area contributed by atoms with Crippen LogP contribution in [0.5, 0.6) is 23.0 Å². The van der Waals surface area contributed by atoms with E-state index in [0.29, 0.717) is 42.9 Å². The van der Waals surface area contributed by atoms with Crippen LogP contribution in [0.2, 0.25) is 0 Å². The fourth-order valence-electron chi connectivity index (χ4n) is 5.14. The zero-order valence-electron chi connectivity index (χ0n) is 21.4. The summed E-state index contributed by atoms with van der Waals surface area (Å²) in [5.74, 6) is 2.83. The van der Waals surface area contributed by atoms with Crippen molar-refractivity contribution in [2.45, 2.75) is 37.9 Å². The molecule has 2 aliphatic rings. The Labute approximate surface area is 218 Å². The summed E-state index contributed by atoms with van der Waals surface area (Å²) in [7, 11) is 3.19. The van der Waals surface area contributed by atoms with Gasteiger partial charge in [-0.2, -0.15) is 0 Å². The number of carbonyl (C=O) groups is 1. The Morgan fingerprint density at radius 3 is 2.38 bits per heavy atom. The van der Waals surface area contributed by atoms with Crippen LogP contribution >= 0.6 is 0 Å². The van der Waals surface area contributed by atoms with Crippen LogP contribution in [0.1, 0.15) is 34.3 Å². The van der Waals surface area contributed by atoms with Gasteiger partial charge >= 0.3 is 0 Å². The molecule has 5 rings (SSSR count). The third kappa shape index (κ3) is 6.00. The lowest BCUT2D eigenvalue weighted by Crippen LogP contribution is -2.51. The van der Waals surface area contributed by atoms with Crippen LogP contribution in [0.4, 0.5) is 0 Å². The number of benzene rings is 3. The van der Waals surface area contributed by atoms with Crippen molar-refractivity contribution in [2.24, 2.45) is 0 Å². The summed E-state index contributed by atoms with van der Waals surface area (Å²) in [4.78, 5) is 15.7. The summed E-state index contributed by atoms with van der Waals surface area (Å²) in [6, 6.07) is 22.2. The van der Waals surface area contributed by atoms with Gasteiger partial charge in [-0.05, 0) is 54.7 Å². The molecule has 37 heavy (non-hydrogen) atoms. The minimum absolute atomic E-state index is 0.00316. The number of hydrogen-bond donors (Lipinski definition) is 1. The predicted molar refractivity (Wildman–Crippen MR) is 142 cm³/mol. The SMILES string of the molecule is COc1cc(OC)cc(C(=O)N2CC[C@H](NCc3ccc4c(c3)OCCO4)C[C@H]2Cc2ccccc2)c1. The maximum Gasteiger partial charge on any atom is 0.254 e. The number of amides is 1. The van der Waals surface area contributed by atoms with Gasteiger partial charge in [0.2, 0.25) is 0 Å². The second-order valence-corrected chi connectivity index (χ2v) is 9.52. The molecule has 1 fully saturated rings. The van der Waals surface area contributed by atoms with Crippen molar-refractivity contribution < 1.29 is 23.7 Å². The first-order valence-corrected chi connectivity index (χ1v) is 12.8. The highest BCUT2D eigenvalue weighted by Gasteiger charge is 2.32. The molecule has 3 aromatic rings. The van der Waals surface area contributed by atoms with Gasteiger partial charge < -0.3 is 29.2 Å². The number of nitrogens with zero attached hydrogens (tertiary/aromatic N) is 1. The molecule has 0 aromatic heterocycles. The van der Waals surface area contributed by atoms with E-state index in [-0.39, 0.29) is 11.9 Å². The maximum atomic E-state index is 13.7. The smallest absolute Gasteiger partial charge is 0.254 e. The molecule has 3 aromatic carbocycles. The third-order valence-corrected chi connectivity index (χ3v) is 7.09. The zero-order valence-corrected chi connectivity index (χ0v) is 21.4. The molecule has 0 bridgehead atoms. The van der Waals surface area contributed by atoms with Crippen LogP contribution < -0.4 is 24.3 Å². The molecule has 7 nitrogen and oxygen atoms in total. The van der Waals surface area contributed by atoms with Gasteiger partial charge in [-0.25, -0.2) is 0 Å². The van der Waals surface area contributed by atoms with E-state index >= 15 is 0 Å². The summed E-state index contributed by atoms with van der Waals surface area (Å²) in [5.41, 5.74) is 2.96. The first kappa shape index (κ1) is 25.0. The molecule has 0 spiro atoms. The average molecular weight is 503 g/mol. The number of rotatable bonds is 8. The lowest BCUT2D eigenvalue weighted by molar-refractivity contribution is 0.0575. The van der Waals surface area contributed by atoms with Crippen molar-refractivity contribution in [3.05, 3.63) is 83.4 Å². The molecule has 1 saturated heterocycles. The topological polar surface area (TPSA) is 69.3 Å². The number of methoxy groups -OCH3 is 2. The highest BCUT2D eigenvalue weighted by molar-refractivity contribution is 5.95. The molecule has 1 N–H and O–H groups in total. The molecule has 7 heteroatoms. The van der Waals surface area contributed by atoms with Gasteiger partial charge in [0.1, 0.15) is 24.7 Å². The van der Waals surface area contributed by atoms with E-state index in [2.05, 4.69) is 41.7 Å². The van der Waals surface area contributed by atoms with Gasteiger partial charge in [0.15, 0.2) is 11.5 Å². The molecule has 0 saturated carbocycles. The van der Waals surface area contributed by atoms with E-state index in [1.807, 2.05) is 17.0 Å². The molecule has 0 radical (unpaired) electrons. The number of nitrogens with one attached hydrogen (secondary N) is 1. The zero-order chi connectivity index (χ0) is 25.6. The number of hydrogen-bond acceptors (Lipinski definition) is 6. The molecular formula is C30H34N2O5. The second kappa shape index (κ2) is 11.6. The van der Waals surface area contributed by atoms with Gasteiger partial charge in [-0.15, -0.1) is 0 Å². The summed E-state index contributed by atoms with van der Waals surface area (Å²) in [5, 5.41) is 3.72. The Morgan fingerprint density at radius 2 is 1.65 bits per heavy atom. The van der Waals surface area contributed by atoms with E-state index in [1.165, 1.54) is 5.56 Å². The molecule has 1 amide bonds. The first-order valence-electron chi connectivity index (χ1n) is 12.8. The Morgan fingerprint density at radius 1 is 0.919 bits per heavy atom. The van der Waals surface area contributed by atoms with E-state index in [1.54, 1.807) is 32.4 Å². The van der Waals surface area contributed by atoms with Crippen LogP contribution in [0.15, 0.2) is 66.7 Å². The summed E-state index contributed by atoms with van der Waals surface area (Å²) >= 11 is 0. The van der Waals surface area contributed by atoms with Gasteiger partial charge in [-0.1, -0.05) is 36.4 Å². The number of ether oxygens (including phenoxy) is 4. The maximum absolute atomic E-state index is 13.7. The number of piperidine rings is 1. The van der Waals surface area contributed by atoms with Crippen LogP contribution in [-0.4, -0.2) is 56.9 Å². The molecule has 0 unspecified atom stereocenters. The molecule has 2 atom stereocenters. The second-order valence-electron chi connectivity index (χ2n) is 9.52. The Kier molecular flexibility index (Phi) is 7.80. The molecule has 0 aliphatic carbocycles. The fraction of sp³-hybridized carbons (Fsp3) is 0.367. The minimum Gasteiger partial charge on any atom is -0.497 e. The van der Waals surface area contributed by atoms with Crippen molar-refractivity contribution >= 4 is 5.91 Å². The van der Waals surface area contributed by atoms with E-state index in [9.17, 15) is 4.79 Å². The summed E-state index contributed by atoms with van der Waals surface area (Å²) in [6.45, 7) is 2.58. The van der Waals surface area contributed by atoms with E-state index in [4.69, 9.17) is 18.9 Å². The normalized spacial score (nSPS) is 18.8. The van der Waals surface area contributed by atoms with Crippen LogP contribution in [-0.2, 0) is 13.0 Å². The number of likely N-dealkylation sites (tertiary alicyclic amines) is 1. The van der Waals surface area contributed by atoms with Crippen molar-refractivity contribution in [2.75, 3.05) is 34.0 Å². The first-order chi connectivity index (χ1) is 18.1. The lowest BCUT2D eigenvalue weighted by atomic mass is 9.91. The molecule has 2 heterocycles. The quantitative estimate of drug-likeness (QED) is 0.490. The third-order valence-electron chi connectivity index (χ3n) is 7.09. The Bertz CT molecular complexity index is 1190. The standard InChI is InChI=1S/C30H34N2O5/c1-34-26-16-23(17-27(19-26)35-2)30(33)32-11-10-24(18-25(32)14-21-6-4-3-5-7-21)31-20-22-8-9-28-29(15-22)37-13-12-36-28/h3-9,15-17,19,24-25,31H,10-14,18,20H2,1-2H3/t24-,25+/m0/s1. The number of fused-ring (bicyclic) bond motifs is 1. The van der Waals surface area contributed by atoms with Crippen molar-refractivity contribution in [3.63, 3.8) is 0 Å². The van der Waals surface area contributed by atoms with Gasteiger partial charge in [0.25, 0.3) is 5.91 Å². The van der Waals surface area contributed by atoms with Crippen molar-refractivity contribution in [3.8, 4) is 23.0 Å². The number of carbonyl (C=O) groups excluding carboxylic acids is 1. The monoisotopic (exact) mass is 502 g/mol. The van der Waals surface area contributed by atoms with Crippen molar-refractivity contribution in [1.82, 2.24) is 10.2 Å². The summed E-state index contributed by atoms with van der Waals surface area (Å²) in [6.07, 6.45) is 2.55. The Hall–Kier alpha value is -3.71. The molecular weight excluding hydrogens is 468 g/mol. The lowest BCUT2D eigenvalue weighted by Gasteiger charge is -2.40. The van der Waals surface area contributed by atoms with E-state index in [0.717, 1.165) is 42.9 Å². The van der Waals surface area contributed by atoms with Crippen LogP contribution in [0.3, 0.4) is 0 Å². The van der Waals surface area contributed by atoms with Crippen molar-refractivity contribution in [1.29, 1.82) is 0 Å². The van der Waals surface area contributed by atoms with Gasteiger partial charge in [-0.3, -0.25) is 4.79 Å². The van der Waals surface area contributed by atoms with Crippen LogP contribution in [0.25, 0.3) is 0 Å². The summed E-state index contributed by atoms with van der Waals surface area (Å²) < 4.78 is 22.2. The van der Waals surface area contributed by atoms with Gasteiger partial charge in [0.05, 0.1) is 14.2 Å².